The molecule has 0 aliphatic rings. The first-order valence-corrected chi connectivity index (χ1v) is 4.49. The van der Waals surface area contributed by atoms with Crippen LogP contribution in [0.15, 0.2) is 18.2 Å². The normalized spacial score (nSPS) is 10.1. The van der Waals surface area contributed by atoms with Gasteiger partial charge in [-0.1, -0.05) is 6.07 Å². The van der Waals surface area contributed by atoms with Crippen molar-refractivity contribution in [2.45, 2.75) is 13.5 Å². The molecule has 0 aromatic heterocycles. The van der Waals surface area contributed by atoms with E-state index in [1.54, 1.807) is 12.1 Å². The SMILES string of the molecule is CCOc1cccc(O)c1CNOC. The zero-order valence-corrected chi connectivity index (χ0v) is 8.41. The van der Waals surface area contributed by atoms with E-state index < -0.39 is 0 Å². The van der Waals surface area contributed by atoms with Gasteiger partial charge in [0, 0.05) is 0 Å². The maximum atomic E-state index is 9.57. The largest absolute Gasteiger partial charge is 0.507 e. The monoisotopic (exact) mass is 197 g/mol. The zero-order chi connectivity index (χ0) is 10.4. The van der Waals surface area contributed by atoms with E-state index in [1.807, 2.05) is 13.0 Å². The molecule has 78 valence electrons. The van der Waals surface area contributed by atoms with Gasteiger partial charge in [-0.2, -0.15) is 5.48 Å². The van der Waals surface area contributed by atoms with Crippen LogP contribution in [0.4, 0.5) is 0 Å². The molecule has 1 aromatic rings. The van der Waals surface area contributed by atoms with Gasteiger partial charge in [-0.05, 0) is 19.1 Å². The molecule has 1 rings (SSSR count). The van der Waals surface area contributed by atoms with E-state index in [0.29, 0.717) is 24.5 Å². The summed E-state index contributed by atoms with van der Waals surface area (Å²) in [6.45, 7) is 2.89. The third kappa shape index (κ3) is 2.61. The molecule has 0 amide bonds. The minimum atomic E-state index is 0.209. The van der Waals surface area contributed by atoms with Crippen molar-refractivity contribution in [1.82, 2.24) is 5.48 Å². The summed E-state index contributed by atoms with van der Waals surface area (Å²) in [6, 6.07) is 5.18. The zero-order valence-electron chi connectivity index (χ0n) is 8.41. The number of rotatable bonds is 5. The van der Waals surface area contributed by atoms with Gasteiger partial charge in [-0.15, -0.1) is 0 Å². The Morgan fingerprint density at radius 2 is 2.21 bits per heavy atom. The van der Waals surface area contributed by atoms with Gasteiger partial charge in [0.05, 0.1) is 25.8 Å². The summed E-state index contributed by atoms with van der Waals surface area (Å²) in [4.78, 5) is 4.72. The Kier molecular flexibility index (Phi) is 4.22. The number of hydroxylamine groups is 1. The van der Waals surface area contributed by atoms with Crippen molar-refractivity contribution >= 4 is 0 Å². The van der Waals surface area contributed by atoms with Crippen molar-refractivity contribution in [1.29, 1.82) is 0 Å². The van der Waals surface area contributed by atoms with Gasteiger partial charge in [-0.3, -0.25) is 0 Å². The van der Waals surface area contributed by atoms with E-state index >= 15 is 0 Å². The van der Waals surface area contributed by atoms with E-state index in [9.17, 15) is 5.11 Å². The van der Waals surface area contributed by atoms with Crippen molar-refractivity contribution in [3.8, 4) is 11.5 Å². The van der Waals surface area contributed by atoms with Crippen molar-refractivity contribution in [2.75, 3.05) is 13.7 Å². The fourth-order valence-corrected chi connectivity index (χ4v) is 1.17. The van der Waals surface area contributed by atoms with Crippen LogP contribution in [0, 0.1) is 0 Å². The number of hydrogen-bond acceptors (Lipinski definition) is 4. The first-order chi connectivity index (χ1) is 6.79. The lowest BCUT2D eigenvalue weighted by Gasteiger charge is -2.11. The predicted octanol–water partition coefficient (Wildman–Crippen LogP) is 1.44. The Labute approximate surface area is 83.4 Å². The summed E-state index contributed by atoms with van der Waals surface area (Å²) in [5, 5.41) is 9.57. The van der Waals surface area contributed by atoms with Crippen LogP contribution in [0.5, 0.6) is 11.5 Å². The first-order valence-electron chi connectivity index (χ1n) is 4.49. The number of ether oxygens (including phenoxy) is 1. The third-order valence-electron chi connectivity index (χ3n) is 1.80. The van der Waals surface area contributed by atoms with Crippen LogP contribution < -0.4 is 10.2 Å². The van der Waals surface area contributed by atoms with Gasteiger partial charge >= 0.3 is 0 Å². The van der Waals surface area contributed by atoms with Gasteiger partial charge < -0.3 is 14.7 Å². The number of benzene rings is 1. The minimum Gasteiger partial charge on any atom is -0.507 e. The number of nitrogens with one attached hydrogen (secondary N) is 1. The average Bonchev–Trinajstić information content (AvgIpc) is 2.18. The number of hydrogen-bond donors (Lipinski definition) is 2. The van der Waals surface area contributed by atoms with E-state index in [4.69, 9.17) is 9.57 Å². The molecular weight excluding hydrogens is 182 g/mol. The van der Waals surface area contributed by atoms with Crippen molar-refractivity contribution < 1.29 is 14.7 Å². The van der Waals surface area contributed by atoms with Crippen LogP contribution in [0.3, 0.4) is 0 Å². The molecule has 1 aromatic carbocycles. The lowest BCUT2D eigenvalue weighted by atomic mass is 10.2. The second-order valence-electron chi connectivity index (χ2n) is 2.71. The van der Waals surface area contributed by atoms with Gasteiger partial charge in [0.1, 0.15) is 11.5 Å². The van der Waals surface area contributed by atoms with Gasteiger partial charge in [0.25, 0.3) is 0 Å². The maximum Gasteiger partial charge on any atom is 0.127 e. The highest BCUT2D eigenvalue weighted by Gasteiger charge is 2.07. The van der Waals surface area contributed by atoms with Crippen molar-refractivity contribution in [3.63, 3.8) is 0 Å². The topological polar surface area (TPSA) is 50.7 Å². The lowest BCUT2D eigenvalue weighted by Crippen LogP contribution is -2.12. The number of phenols is 1. The van der Waals surface area contributed by atoms with E-state index in [0.717, 1.165) is 0 Å². The summed E-state index contributed by atoms with van der Waals surface area (Å²) in [5.41, 5.74) is 3.37. The molecule has 14 heavy (non-hydrogen) atoms. The van der Waals surface area contributed by atoms with Crippen LogP contribution in [-0.2, 0) is 11.4 Å². The summed E-state index contributed by atoms with van der Waals surface area (Å²) in [6.07, 6.45) is 0. The van der Waals surface area contributed by atoms with E-state index in [1.165, 1.54) is 7.11 Å². The summed E-state index contributed by atoms with van der Waals surface area (Å²) in [5.74, 6) is 0.887. The van der Waals surface area contributed by atoms with Crippen LogP contribution in [0.25, 0.3) is 0 Å². The molecule has 0 spiro atoms. The molecule has 0 aliphatic carbocycles. The molecule has 0 atom stereocenters. The summed E-state index contributed by atoms with van der Waals surface area (Å²) < 4.78 is 5.36. The second kappa shape index (κ2) is 5.47. The highest BCUT2D eigenvalue weighted by atomic mass is 16.6. The molecule has 0 aliphatic heterocycles. The fraction of sp³-hybridized carbons (Fsp3) is 0.400. The molecule has 0 radical (unpaired) electrons. The number of phenolic OH excluding ortho intramolecular Hbond substituents is 1. The Hall–Kier alpha value is -1.26. The standard InChI is InChI=1S/C10H15NO3/c1-3-14-10-6-4-5-9(12)8(10)7-11-13-2/h4-6,11-12H,3,7H2,1-2H3. The quantitative estimate of drug-likeness (QED) is 0.701. The highest BCUT2D eigenvalue weighted by molar-refractivity contribution is 5.43. The van der Waals surface area contributed by atoms with Gasteiger partial charge in [0.15, 0.2) is 0 Å². The van der Waals surface area contributed by atoms with Crippen LogP contribution in [0.2, 0.25) is 0 Å². The Bertz CT molecular complexity index is 289. The van der Waals surface area contributed by atoms with Crippen molar-refractivity contribution in [2.24, 2.45) is 0 Å². The van der Waals surface area contributed by atoms with Gasteiger partial charge in [0.2, 0.25) is 0 Å². The number of aromatic hydroxyl groups is 1. The molecule has 0 heterocycles. The maximum absolute atomic E-state index is 9.57. The average molecular weight is 197 g/mol. The van der Waals surface area contributed by atoms with Crippen LogP contribution in [-0.4, -0.2) is 18.8 Å². The van der Waals surface area contributed by atoms with Crippen LogP contribution >= 0.6 is 0 Å². The molecule has 0 bridgehead atoms. The third-order valence-corrected chi connectivity index (χ3v) is 1.80. The lowest BCUT2D eigenvalue weighted by molar-refractivity contribution is 0.0853. The second-order valence-corrected chi connectivity index (χ2v) is 2.71. The van der Waals surface area contributed by atoms with Crippen LogP contribution in [0.1, 0.15) is 12.5 Å². The van der Waals surface area contributed by atoms with E-state index in [-0.39, 0.29) is 5.75 Å². The molecular formula is C10H15NO3. The smallest absolute Gasteiger partial charge is 0.127 e. The molecule has 0 fully saturated rings. The molecule has 0 saturated carbocycles. The molecule has 4 heteroatoms. The predicted molar refractivity (Wildman–Crippen MR) is 53.1 cm³/mol. The van der Waals surface area contributed by atoms with E-state index in [2.05, 4.69) is 5.48 Å². The fourth-order valence-electron chi connectivity index (χ4n) is 1.17. The Morgan fingerprint density at radius 1 is 1.43 bits per heavy atom. The Morgan fingerprint density at radius 3 is 2.86 bits per heavy atom. The minimum absolute atomic E-state index is 0.209. The summed E-state index contributed by atoms with van der Waals surface area (Å²) >= 11 is 0. The summed E-state index contributed by atoms with van der Waals surface area (Å²) in [7, 11) is 1.53. The van der Waals surface area contributed by atoms with Gasteiger partial charge in [-0.25, -0.2) is 0 Å². The molecule has 0 saturated heterocycles. The van der Waals surface area contributed by atoms with Crippen molar-refractivity contribution in [3.05, 3.63) is 23.8 Å². The molecule has 2 N–H and O–H groups in total. The highest BCUT2D eigenvalue weighted by Crippen LogP contribution is 2.27. The molecule has 4 nitrogen and oxygen atoms in total. The molecule has 0 unspecified atom stereocenters. The Balaban J connectivity index is 2.84. The first kappa shape index (κ1) is 10.8.